The largest absolute Gasteiger partial charge is 0.387 e. The van der Waals surface area contributed by atoms with Gasteiger partial charge in [0.05, 0.1) is 22.0 Å². The van der Waals surface area contributed by atoms with Crippen molar-refractivity contribution in [1.29, 1.82) is 0 Å². The highest BCUT2D eigenvalue weighted by Crippen LogP contribution is 2.43. The highest BCUT2D eigenvalue weighted by molar-refractivity contribution is 6.42. The third-order valence-electron chi connectivity index (χ3n) is 5.55. The van der Waals surface area contributed by atoms with Crippen molar-refractivity contribution in [2.45, 2.75) is 37.1 Å². The second-order valence-electron chi connectivity index (χ2n) is 7.20. The van der Waals surface area contributed by atoms with Crippen LogP contribution in [0.5, 0.6) is 0 Å². The smallest absolute Gasteiger partial charge is 0.164 e. The van der Waals surface area contributed by atoms with Gasteiger partial charge in [0.15, 0.2) is 6.23 Å². The number of aliphatic hydroxyl groups is 2. The van der Waals surface area contributed by atoms with Crippen LogP contribution in [-0.4, -0.2) is 49.7 Å². The normalized spacial score (nSPS) is 29.3. The predicted molar refractivity (Wildman–Crippen MR) is 107 cm³/mol. The molecule has 0 amide bonds. The van der Waals surface area contributed by atoms with Crippen molar-refractivity contribution in [3.63, 3.8) is 0 Å². The van der Waals surface area contributed by atoms with Gasteiger partial charge >= 0.3 is 0 Å². The molecule has 1 aromatic carbocycles. The second kappa shape index (κ2) is 7.09. The van der Waals surface area contributed by atoms with E-state index in [9.17, 15) is 10.2 Å². The van der Waals surface area contributed by atoms with Gasteiger partial charge in [0, 0.05) is 6.20 Å². The summed E-state index contributed by atoms with van der Waals surface area (Å²) in [5, 5.41) is 23.0. The zero-order valence-corrected chi connectivity index (χ0v) is 16.6. The van der Waals surface area contributed by atoms with Crippen LogP contribution in [0.15, 0.2) is 30.7 Å². The molecule has 3 aromatic rings. The standard InChI is InChI=1S/C19H18Cl2N4O4/c20-11-5-8-2-4-28-15(10(8)6-12(11)21)16-13(26)14(27)19(29-16)25-3-1-9-17(22)23-7-24-18(9)25/h1,3,5-7,13-16,19,26-27H,2,4H2,(H2,22,23,24)/t13-,14+,15+,16-,19?/m0/s1. The maximum absolute atomic E-state index is 10.8. The lowest BCUT2D eigenvalue weighted by atomic mass is 9.92. The number of aromatic nitrogens is 3. The third kappa shape index (κ3) is 2.99. The first-order valence-electron chi connectivity index (χ1n) is 9.13. The van der Waals surface area contributed by atoms with E-state index in [1.165, 1.54) is 6.33 Å². The number of nitrogens with two attached hydrogens (primary N) is 1. The summed E-state index contributed by atoms with van der Waals surface area (Å²) in [4.78, 5) is 8.20. The van der Waals surface area contributed by atoms with Gasteiger partial charge in [0.1, 0.15) is 42.2 Å². The lowest BCUT2D eigenvalue weighted by Gasteiger charge is -2.31. The fraction of sp³-hybridized carbons (Fsp3) is 0.368. The number of fused-ring (bicyclic) bond motifs is 2. The molecule has 152 valence electrons. The highest BCUT2D eigenvalue weighted by atomic mass is 35.5. The van der Waals surface area contributed by atoms with Crippen molar-refractivity contribution in [3.8, 4) is 0 Å². The van der Waals surface area contributed by atoms with Crippen LogP contribution >= 0.6 is 23.2 Å². The van der Waals surface area contributed by atoms with Gasteiger partial charge in [-0.25, -0.2) is 9.97 Å². The number of hydrogen-bond acceptors (Lipinski definition) is 7. The fourth-order valence-electron chi connectivity index (χ4n) is 4.10. The number of aliphatic hydroxyl groups excluding tert-OH is 2. The number of nitrogens with zero attached hydrogens (tertiary/aromatic N) is 3. The zero-order chi connectivity index (χ0) is 20.3. The minimum Gasteiger partial charge on any atom is -0.387 e. The SMILES string of the molecule is Nc1ncnc2c1ccn2C1O[C@H]([C@@H]2OCCc3cc(Cl)c(Cl)cc32)[C@@H](O)[C@H]1O. The number of nitrogen functional groups attached to an aromatic ring is 1. The van der Waals surface area contributed by atoms with Crippen molar-refractivity contribution in [1.82, 2.24) is 14.5 Å². The van der Waals surface area contributed by atoms with Crippen molar-refractivity contribution >= 4 is 40.1 Å². The van der Waals surface area contributed by atoms with E-state index in [4.69, 9.17) is 38.4 Å². The van der Waals surface area contributed by atoms with Gasteiger partial charge in [0.2, 0.25) is 0 Å². The number of halogens is 2. The molecule has 5 rings (SSSR count). The number of rotatable bonds is 2. The van der Waals surface area contributed by atoms with E-state index in [1.54, 1.807) is 22.9 Å². The Balaban J connectivity index is 1.51. The average Bonchev–Trinajstić information content (AvgIpc) is 3.25. The lowest BCUT2D eigenvalue weighted by molar-refractivity contribution is -0.113. The summed E-state index contributed by atoms with van der Waals surface area (Å²) in [6.07, 6.45) is -0.909. The zero-order valence-electron chi connectivity index (χ0n) is 15.1. The quantitative estimate of drug-likeness (QED) is 0.563. The summed E-state index contributed by atoms with van der Waals surface area (Å²) in [6, 6.07) is 5.29. The highest BCUT2D eigenvalue weighted by Gasteiger charge is 2.49. The van der Waals surface area contributed by atoms with Crippen LogP contribution in [0.4, 0.5) is 5.82 Å². The number of hydrogen-bond donors (Lipinski definition) is 3. The molecule has 4 heterocycles. The molecule has 0 radical (unpaired) electrons. The minimum atomic E-state index is -1.19. The van der Waals surface area contributed by atoms with Gasteiger partial charge in [-0.05, 0) is 35.7 Å². The second-order valence-corrected chi connectivity index (χ2v) is 8.01. The van der Waals surface area contributed by atoms with Crippen molar-refractivity contribution in [2.75, 3.05) is 12.3 Å². The molecule has 0 bridgehead atoms. The molecule has 1 unspecified atom stereocenters. The van der Waals surface area contributed by atoms with Crippen LogP contribution in [0.1, 0.15) is 23.5 Å². The molecule has 29 heavy (non-hydrogen) atoms. The van der Waals surface area contributed by atoms with Crippen LogP contribution in [-0.2, 0) is 15.9 Å². The number of anilines is 1. The Kier molecular flexibility index (Phi) is 4.65. The van der Waals surface area contributed by atoms with Crippen LogP contribution in [0.25, 0.3) is 11.0 Å². The fourth-order valence-corrected chi connectivity index (χ4v) is 4.46. The summed E-state index contributed by atoms with van der Waals surface area (Å²) in [5.41, 5.74) is 8.18. The molecule has 1 fully saturated rings. The lowest BCUT2D eigenvalue weighted by Crippen LogP contribution is -2.37. The molecule has 0 aliphatic carbocycles. The van der Waals surface area contributed by atoms with E-state index in [0.29, 0.717) is 39.9 Å². The summed E-state index contributed by atoms with van der Waals surface area (Å²) >= 11 is 12.3. The monoisotopic (exact) mass is 436 g/mol. The van der Waals surface area contributed by atoms with Gasteiger partial charge < -0.3 is 30.0 Å². The average molecular weight is 437 g/mol. The van der Waals surface area contributed by atoms with Gasteiger partial charge in [-0.2, -0.15) is 0 Å². The van der Waals surface area contributed by atoms with Crippen LogP contribution < -0.4 is 5.73 Å². The van der Waals surface area contributed by atoms with Gasteiger partial charge in [-0.3, -0.25) is 0 Å². The van der Waals surface area contributed by atoms with E-state index in [2.05, 4.69) is 9.97 Å². The van der Waals surface area contributed by atoms with E-state index >= 15 is 0 Å². The number of benzene rings is 1. The molecule has 2 aromatic heterocycles. The first-order chi connectivity index (χ1) is 14.0. The van der Waals surface area contributed by atoms with Gasteiger partial charge in [0.25, 0.3) is 0 Å². The summed E-state index contributed by atoms with van der Waals surface area (Å²) in [6.45, 7) is 0.444. The Morgan fingerprint density at radius 3 is 2.76 bits per heavy atom. The third-order valence-corrected chi connectivity index (χ3v) is 6.27. The molecule has 10 heteroatoms. The number of ether oxygens (including phenoxy) is 2. The molecular weight excluding hydrogens is 419 g/mol. The van der Waals surface area contributed by atoms with Gasteiger partial charge in [-0.1, -0.05) is 23.2 Å². The maximum atomic E-state index is 10.8. The van der Waals surface area contributed by atoms with Crippen molar-refractivity contribution in [3.05, 3.63) is 51.9 Å². The van der Waals surface area contributed by atoms with Crippen LogP contribution in [0.3, 0.4) is 0 Å². The van der Waals surface area contributed by atoms with E-state index in [1.807, 2.05) is 6.07 Å². The topological polar surface area (TPSA) is 116 Å². The first-order valence-corrected chi connectivity index (χ1v) is 9.89. The molecule has 8 nitrogen and oxygen atoms in total. The molecule has 1 saturated heterocycles. The molecular formula is C19H18Cl2N4O4. The molecule has 2 aliphatic heterocycles. The molecule has 0 saturated carbocycles. The summed E-state index contributed by atoms with van der Waals surface area (Å²) in [5.74, 6) is 0.328. The molecule has 5 atom stereocenters. The Morgan fingerprint density at radius 2 is 1.93 bits per heavy atom. The Morgan fingerprint density at radius 1 is 1.14 bits per heavy atom. The minimum absolute atomic E-state index is 0.328. The van der Waals surface area contributed by atoms with Crippen LogP contribution in [0, 0.1) is 0 Å². The van der Waals surface area contributed by atoms with E-state index in [-0.39, 0.29) is 0 Å². The predicted octanol–water partition coefficient (Wildman–Crippen LogP) is 2.25. The Labute approximate surface area is 175 Å². The van der Waals surface area contributed by atoms with E-state index < -0.39 is 30.6 Å². The molecule has 0 spiro atoms. The molecule has 4 N–H and O–H groups in total. The molecule has 2 aliphatic rings. The van der Waals surface area contributed by atoms with Gasteiger partial charge in [-0.15, -0.1) is 0 Å². The van der Waals surface area contributed by atoms with E-state index in [0.717, 1.165) is 11.1 Å². The Bertz CT molecular complexity index is 1090. The maximum Gasteiger partial charge on any atom is 0.164 e. The van der Waals surface area contributed by atoms with Crippen molar-refractivity contribution in [2.24, 2.45) is 0 Å². The summed E-state index contributed by atoms with van der Waals surface area (Å²) < 4.78 is 13.7. The Hall–Kier alpha value is -1.94. The summed E-state index contributed by atoms with van der Waals surface area (Å²) in [7, 11) is 0. The van der Waals surface area contributed by atoms with Crippen molar-refractivity contribution < 1.29 is 19.7 Å². The first kappa shape index (κ1) is 19.0. The van der Waals surface area contributed by atoms with Crippen LogP contribution in [0.2, 0.25) is 10.0 Å².